The van der Waals surface area contributed by atoms with E-state index in [1.807, 2.05) is 5.32 Å². The van der Waals surface area contributed by atoms with Crippen LogP contribution in [0.25, 0.3) is 6.08 Å². The fraction of sp³-hybridized carbons (Fsp3) is 0.167. The Balaban J connectivity index is 2.38. The molecule has 0 saturated heterocycles. The minimum Gasteiger partial charge on any atom is -0.507 e. The zero-order chi connectivity index (χ0) is 21.8. The van der Waals surface area contributed by atoms with Crippen LogP contribution in [0.4, 0.5) is 32.0 Å². The van der Waals surface area contributed by atoms with Crippen LogP contribution < -0.4 is 10.8 Å². The van der Waals surface area contributed by atoms with Gasteiger partial charge >= 0.3 is 12.4 Å². The lowest BCUT2D eigenvalue weighted by Crippen LogP contribution is -2.16. The van der Waals surface area contributed by atoms with E-state index in [4.69, 9.17) is 0 Å². The van der Waals surface area contributed by atoms with Gasteiger partial charge in [-0.25, -0.2) is 0 Å². The lowest BCUT2D eigenvalue weighted by atomic mass is 10.1. The molecule has 0 aliphatic rings. The van der Waals surface area contributed by atoms with Crippen LogP contribution in [-0.4, -0.2) is 18.1 Å². The Morgan fingerprint density at radius 1 is 1.00 bits per heavy atom. The summed E-state index contributed by atoms with van der Waals surface area (Å²) in [6.45, 7) is 0. The van der Waals surface area contributed by atoms with Crippen LogP contribution in [0.1, 0.15) is 27.0 Å². The molecule has 0 radical (unpaired) electrons. The molecule has 0 aliphatic heterocycles. The number of aromatic hydroxyl groups is 1. The summed E-state index contributed by atoms with van der Waals surface area (Å²) in [4.78, 5) is 16.9. The standard InChI is InChI=1S/C18H14F6N2O3/c1-29-25-5-4-10-2-3-15(27)14(6-10)16(28)26-13-8-11(17(19,20)21)7-12(9-13)18(22,23)24/h2-9,25,27H,1H3,(H,26,28). The van der Waals surface area contributed by atoms with Gasteiger partial charge in [-0.15, -0.1) is 0 Å². The number of hydrogen-bond donors (Lipinski definition) is 3. The number of rotatable bonds is 5. The van der Waals surface area contributed by atoms with Gasteiger partial charge in [0.05, 0.1) is 23.8 Å². The minimum absolute atomic E-state index is 0.0542. The van der Waals surface area contributed by atoms with Crippen molar-refractivity contribution in [3.8, 4) is 5.75 Å². The van der Waals surface area contributed by atoms with E-state index in [1.165, 1.54) is 31.5 Å². The number of hydroxylamine groups is 1. The number of anilines is 1. The summed E-state index contributed by atoms with van der Waals surface area (Å²) in [7, 11) is 1.35. The Morgan fingerprint density at radius 3 is 2.10 bits per heavy atom. The highest BCUT2D eigenvalue weighted by Gasteiger charge is 2.37. The van der Waals surface area contributed by atoms with Gasteiger partial charge in [-0.1, -0.05) is 6.07 Å². The van der Waals surface area contributed by atoms with Crippen molar-refractivity contribution in [1.29, 1.82) is 0 Å². The molecular formula is C18H14F6N2O3. The number of hydrogen-bond acceptors (Lipinski definition) is 4. The number of phenolic OH excluding ortho intramolecular Hbond substituents is 1. The number of alkyl halides is 6. The Morgan fingerprint density at radius 2 is 1.59 bits per heavy atom. The SMILES string of the molecule is CONC=Cc1ccc(O)c(C(=O)Nc2cc(C(F)(F)F)cc(C(F)(F)F)c2)c1. The zero-order valence-electron chi connectivity index (χ0n) is 14.7. The van der Waals surface area contributed by atoms with Crippen LogP contribution in [0.3, 0.4) is 0 Å². The fourth-order valence-corrected chi connectivity index (χ4v) is 2.26. The van der Waals surface area contributed by atoms with Gasteiger partial charge in [-0.3, -0.25) is 15.1 Å². The van der Waals surface area contributed by atoms with Crippen molar-refractivity contribution in [2.75, 3.05) is 12.4 Å². The summed E-state index contributed by atoms with van der Waals surface area (Å²) in [6, 6.07) is 4.45. The first kappa shape index (κ1) is 22.1. The van der Waals surface area contributed by atoms with Crippen molar-refractivity contribution >= 4 is 17.7 Å². The van der Waals surface area contributed by atoms with Gasteiger partial charge in [-0.2, -0.15) is 26.3 Å². The quantitative estimate of drug-likeness (QED) is 0.480. The van der Waals surface area contributed by atoms with Gasteiger partial charge in [0.25, 0.3) is 5.91 Å². The molecule has 0 unspecified atom stereocenters. The van der Waals surface area contributed by atoms with Gasteiger partial charge in [-0.05, 0) is 42.0 Å². The van der Waals surface area contributed by atoms with E-state index in [-0.39, 0.29) is 11.6 Å². The second kappa shape index (κ2) is 8.43. The molecule has 0 bridgehead atoms. The molecular weight excluding hydrogens is 406 g/mol. The van der Waals surface area contributed by atoms with Gasteiger partial charge in [0.1, 0.15) is 5.75 Å². The highest BCUT2D eigenvalue weighted by molar-refractivity contribution is 6.06. The van der Waals surface area contributed by atoms with Crippen LogP contribution in [0, 0.1) is 0 Å². The number of amides is 1. The maximum Gasteiger partial charge on any atom is 0.416 e. The van der Waals surface area contributed by atoms with Crippen LogP contribution in [0.5, 0.6) is 5.75 Å². The van der Waals surface area contributed by atoms with Gasteiger partial charge < -0.3 is 10.4 Å². The van der Waals surface area contributed by atoms with E-state index < -0.39 is 40.8 Å². The maximum atomic E-state index is 12.9. The molecule has 11 heteroatoms. The minimum atomic E-state index is -5.05. The molecule has 0 atom stereocenters. The molecule has 29 heavy (non-hydrogen) atoms. The first-order chi connectivity index (χ1) is 13.4. The molecule has 2 aromatic carbocycles. The second-order valence-corrected chi connectivity index (χ2v) is 5.68. The normalized spacial score (nSPS) is 12.2. The number of benzene rings is 2. The maximum absolute atomic E-state index is 12.9. The average molecular weight is 420 g/mol. The molecule has 0 heterocycles. The average Bonchev–Trinajstić information content (AvgIpc) is 2.61. The largest absolute Gasteiger partial charge is 0.507 e. The molecule has 0 aliphatic carbocycles. The molecule has 5 nitrogen and oxygen atoms in total. The summed E-state index contributed by atoms with van der Waals surface area (Å²) < 4.78 is 77.5. The summed E-state index contributed by atoms with van der Waals surface area (Å²) in [5.41, 5.74) is -1.44. The summed E-state index contributed by atoms with van der Waals surface area (Å²) in [5, 5.41) is 11.8. The third-order valence-corrected chi connectivity index (χ3v) is 3.57. The third kappa shape index (κ3) is 5.88. The topological polar surface area (TPSA) is 70.6 Å². The molecule has 156 valence electrons. The van der Waals surface area contributed by atoms with Crippen LogP contribution >= 0.6 is 0 Å². The molecule has 0 spiro atoms. The van der Waals surface area contributed by atoms with Crippen molar-refractivity contribution < 1.29 is 41.1 Å². The number of carbonyl (C=O) groups is 1. The molecule has 2 aromatic rings. The van der Waals surface area contributed by atoms with Gasteiger partial charge in [0.15, 0.2) is 0 Å². The van der Waals surface area contributed by atoms with Crippen molar-refractivity contribution in [1.82, 2.24) is 5.48 Å². The van der Waals surface area contributed by atoms with Crippen molar-refractivity contribution in [2.45, 2.75) is 12.4 Å². The van der Waals surface area contributed by atoms with Crippen LogP contribution in [0.2, 0.25) is 0 Å². The van der Waals surface area contributed by atoms with E-state index in [9.17, 15) is 36.2 Å². The van der Waals surface area contributed by atoms with Crippen molar-refractivity contribution in [3.63, 3.8) is 0 Å². The third-order valence-electron chi connectivity index (χ3n) is 3.57. The molecule has 0 fully saturated rings. The highest BCUT2D eigenvalue weighted by atomic mass is 19.4. The number of nitrogens with one attached hydrogen (secondary N) is 2. The van der Waals surface area contributed by atoms with Crippen LogP contribution in [-0.2, 0) is 17.2 Å². The lowest BCUT2D eigenvalue weighted by Gasteiger charge is -2.15. The first-order valence-electron chi connectivity index (χ1n) is 7.80. The predicted molar refractivity (Wildman–Crippen MR) is 91.7 cm³/mol. The van der Waals surface area contributed by atoms with Crippen molar-refractivity contribution in [2.24, 2.45) is 0 Å². The highest BCUT2D eigenvalue weighted by Crippen LogP contribution is 2.37. The van der Waals surface area contributed by atoms with E-state index >= 15 is 0 Å². The monoisotopic (exact) mass is 420 g/mol. The lowest BCUT2D eigenvalue weighted by molar-refractivity contribution is -0.143. The Labute approximate surface area is 160 Å². The first-order valence-corrected chi connectivity index (χ1v) is 7.80. The molecule has 0 saturated carbocycles. The van der Waals surface area contributed by atoms with Gasteiger partial charge in [0, 0.05) is 11.9 Å². The van der Waals surface area contributed by atoms with Crippen LogP contribution in [0.15, 0.2) is 42.6 Å². The molecule has 3 N–H and O–H groups in total. The van der Waals surface area contributed by atoms with E-state index in [2.05, 4.69) is 10.3 Å². The Kier molecular flexibility index (Phi) is 6.42. The van der Waals surface area contributed by atoms with Gasteiger partial charge in [0.2, 0.25) is 0 Å². The Bertz CT molecular complexity index is 891. The van der Waals surface area contributed by atoms with E-state index in [0.717, 1.165) is 6.07 Å². The molecule has 0 aromatic heterocycles. The van der Waals surface area contributed by atoms with E-state index in [0.29, 0.717) is 17.7 Å². The summed E-state index contributed by atoms with van der Waals surface area (Å²) >= 11 is 0. The molecule has 1 amide bonds. The summed E-state index contributed by atoms with van der Waals surface area (Å²) in [6.07, 6.45) is -7.30. The smallest absolute Gasteiger partial charge is 0.416 e. The second-order valence-electron chi connectivity index (χ2n) is 5.68. The van der Waals surface area contributed by atoms with Crippen molar-refractivity contribution in [3.05, 3.63) is 64.9 Å². The number of halogens is 6. The number of carbonyl (C=O) groups excluding carboxylic acids is 1. The Hall–Kier alpha value is -3.21. The zero-order valence-corrected chi connectivity index (χ0v) is 14.7. The molecule has 2 rings (SSSR count). The predicted octanol–water partition coefficient (Wildman–Crippen LogP) is 4.80. The number of phenols is 1. The summed E-state index contributed by atoms with van der Waals surface area (Å²) in [5.74, 6) is -1.60. The fourth-order valence-electron chi connectivity index (χ4n) is 2.26. The van der Waals surface area contributed by atoms with E-state index in [1.54, 1.807) is 0 Å².